The van der Waals surface area contributed by atoms with Crippen molar-refractivity contribution in [2.75, 3.05) is 5.32 Å². The van der Waals surface area contributed by atoms with Crippen LogP contribution in [0.25, 0.3) is 20.3 Å². The molecule has 2 aromatic heterocycles. The first-order chi connectivity index (χ1) is 13.5. The highest BCUT2D eigenvalue weighted by Crippen LogP contribution is 2.32. The van der Waals surface area contributed by atoms with Gasteiger partial charge in [-0.15, -0.1) is 11.3 Å². The van der Waals surface area contributed by atoms with E-state index < -0.39 is 5.82 Å². The van der Waals surface area contributed by atoms with Crippen LogP contribution in [0.2, 0.25) is 0 Å². The summed E-state index contributed by atoms with van der Waals surface area (Å²) in [5, 5.41) is 3.16. The molecule has 0 saturated carbocycles. The Morgan fingerprint density at radius 3 is 2.68 bits per heavy atom. The number of hydrogen-bond donors (Lipinski definition) is 1. The molecule has 0 radical (unpaired) electrons. The number of nitrogens with one attached hydrogen (secondary N) is 1. The number of carbonyl (C=O) groups excluding carboxylic acids is 1. The van der Waals surface area contributed by atoms with Crippen molar-refractivity contribution in [3.63, 3.8) is 0 Å². The third-order valence-electron chi connectivity index (χ3n) is 4.58. The molecule has 0 aliphatic carbocycles. The largest absolute Gasteiger partial charge is 0.325 e. The molecule has 142 valence electrons. The number of amides is 1. The van der Waals surface area contributed by atoms with Crippen molar-refractivity contribution in [1.82, 2.24) is 9.55 Å². The highest BCUT2D eigenvalue weighted by Gasteiger charge is 2.18. The van der Waals surface area contributed by atoms with Crippen molar-refractivity contribution in [3.05, 3.63) is 70.0 Å². The number of hydrogen-bond acceptors (Lipinski definition) is 4. The second-order valence-corrected chi connectivity index (χ2v) is 7.63. The standard InChI is InChI=1S/C21H18FN3O2S/c1-3-16-24-19-18-14(22)5-4-6-15(18)28-20(19)21(27)25(16)11-17(26)23-13-9-7-12(2)8-10-13/h4-10H,3,11H2,1-2H3,(H,23,26). The average molecular weight is 395 g/mol. The summed E-state index contributed by atoms with van der Waals surface area (Å²) < 4.78 is 16.7. The maximum atomic E-state index is 14.3. The zero-order chi connectivity index (χ0) is 19.8. The lowest BCUT2D eigenvalue weighted by Crippen LogP contribution is -2.30. The van der Waals surface area contributed by atoms with Crippen molar-refractivity contribution in [2.24, 2.45) is 0 Å². The Morgan fingerprint density at radius 2 is 1.96 bits per heavy atom. The number of fused-ring (bicyclic) bond motifs is 3. The molecule has 0 saturated heterocycles. The first-order valence-electron chi connectivity index (χ1n) is 8.95. The predicted molar refractivity (Wildman–Crippen MR) is 111 cm³/mol. The Morgan fingerprint density at radius 1 is 1.21 bits per heavy atom. The Bertz CT molecular complexity index is 1260. The van der Waals surface area contributed by atoms with Gasteiger partial charge in [-0.1, -0.05) is 30.7 Å². The number of aryl methyl sites for hydroxylation is 2. The minimum Gasteiger partial charge on any atom is -0.325 e. The number of halogens is 1. The Balaban J connectivity index is 1.76. The normalized spacial score (nSPS) is 11.2. The topological polar surface area (TPSA) is 64.0 Å². The number of carbonyl (C=O) groups is 1. The van der Waals surface area contributed by atoms with E-state index in [0.717, 1.165) is 5.56 Å². The maximum Gasteiger partial charge on any atom is 0.272 e. The zero-order valence-corrected chi connectivity index (χ0v) is 16.3. The Hall–Kier alpha value is -3.06. The van der Waals surface area contributed by atoms with Gasteiger partial charge in [-0.2, -0.15) is 0 Å². The molecule has 1 amide bonds. The smallest absolute Gasteiger partial charge is 0.272 e. The zero-order valence-electron chi connectivity index (χ0n) is 15.5. The van der Waals surface area contributed by atoms with Crippen LogP contribution < -0.4 is 10.9 Å². The molecule has 0 aliphatic heterocycles. The molecule has 2 heterocycles. The van der Waals surface area contributed by atoms with Crippen molar-refractivity contribution < 1.29 is 9.18 Å². The third-order valence-corrected chi connectivity index (χ3v) is 5.72. The number of nitrogens with zero attached hydrogens (tertiary/aromatic N) is 2. The summed E-state index contributed by atoms with van der Waals surface area (Å²) >= 11 is 1.20. The van der Waals surface area contributed by atoms with Crippen LogP contribution in [0.1, 0.15) is 18.3 Å². The van der Waals surface area contributed by atoms with Gasteiger partial charge in [0, 0.05) is 16.8 Å². The molecule has 4 aromatic rings. The molecule has 0 fully saturated rings. The van der Waals surface area contributed by atoms with Gasteiger partial charge < -0.3 is 5.32 Å². The van der Waals surface area contributed by atoms with Crippen molar-refractivity contribution >= 4 is 43.2 Å². The SMILES string of the molecule is CCc1nc2c(sc3cccc(F)c32)c(=O)n1CC(=O)Nc1ccc(C)cc1. The van der Waals surface area contributed by atoms with Gasteiger partial charge in [0.1, 0.15) is 22.9 Å². The lowest BCUT2D eigenvalue weighted by Gasteiger charge is -2.11. The minimum atomic E-state index is -0.396. The summed E-state index contributed by atoms with van der Waals surface area (Å²) in [5.41, 5.74) is 1.81. The van der Waals surface area contributed by atoms with E-state index in [1.807, 2.05) is 38.1 Å². The fraction of sp³-hybridized carbons (Fsp3) is 0.190. The van der Waals surface area contributed by atoms with E-state index in [2.05, 4.69) is 10.3 Å². The molecule has 1 N–H and O–H groups in total. The summed E-state index contributed by atoms with van der Waals surface area (Å²) in [7, 11) is 0. The molecule has 0 unspecified atom stereocenters. The molecule has 4 rings (SSSR count). The summed E-state index contributed by atoms with van der Waals surface area (Å²) in [6.45, 7) is 3.68. The van der Waals surface area contributed by atoms with Crippen LogP contribution in [-0.4, -0.2) is 15.5 Å². The predicted octanol–water partition coefficient (Wildman–Crippen LogP) is 4.26. The number of rotatable bonds is 4. The lowest BCUT2D eigenvalue weighted by molar-refractivity contribution is -0.116. The van der Waals surface area contributed by atoms with Gasteiger partial charge in [-0.3, -0.25) is 14.2 Å². The van der Waals surface area contributed by atoms with Crippen LogP contribution in [0.4, 0.5) is 10.1 Å². The molecule has 0 spiro atoms. The molecule has 0 aliphatic rings. The first kappa shape index (κ1) is 18.3. The van der Waals surface area contributed by atoms with E-state index in [9.17, 15) is 14.0 Å². The van der Waals surface area contributed by atoms with Crippen LogP contribution in [0, 0.1) is 12.7 Å². The van der Waals surface area contributed by atoms with Crippen molar-refractivity contribution in [1.29, 1.82) is 0 Å². The summed E-state index contributed by atoms with van der Waals surface area (Å²) in [6, 6.07) is 12.2. The lowest BCUT2D eigenvalue weighted by atomic mass is 10.2. The monoisotopic (exact) mass is 395 g/mol. The van der Waals surface area contributed by atoms with E-state index in [-0.39, 0.29) is 18.0 Å². The molecular formula is C21H18FN3O2S. The van der Waals surface area contributed by atoms with Crippen LogP contribution in [0.3, 0.4) is 0 Å². The minimum absolute atomic E-state index is 0.143. The highest BCUT2D eigenvalue weighted by atomic mass is 32.1. The van der Waals surface area contributed by atoms with E-state index in [0.29, 0.717) is 38.2 Å². The Kier molecular flexibility index (Phi) is 4.68. The number of thiophene rings is 1. The van der Waals surface area contributed by atoms with Crippen LogP contribution in [0.15, 0.2) is 47.3 Å². The van der Waals surface area contributed by atoms with Gasteiger partial charge in [-0.05, 0) is 31.2 Å². The summed E-state index contributed by atoms with van der Waals surface area (Å²) in [5.74, 6) is -0.249. The van der Waals surface area contributed by atoms with Crippen molar-refractivity contribution in [3.8, 4) is 0 Å². The maximum absolute atomic E-state index is 14.3. The number of benzene rings is 2. The van der Waals surface area contributed by atoms with Gasteiger partial charge in [-0.25, -0.2) is 9.37 Å². The van der Waals surface area contributed by atoms with E-state index in [1.165, 1.54) is 22.0 Å². The third kappa shape index (κ3) is 3.18. The molecule has 5 nitrogen and oxygen atoms in total. The van der Waals surface area contributed by atoms with Crippen LogP contribution in [0.5, 0.6) is 0 Å². The molecule has 7 heteroatoms. The van der Waals surface area contributed by atoms with E-state index in [4.69, 9.17) is 0 Å². The molecule has 0 bridgehead atoms. The van der Waals surface area contributed by atoms with Crippen LogP contribution in [-0.2, 0) is 17.8 Å². The van der Waals surface area contributed by atoms with Gasteiger partial charge in [0.2, 0.25) is 5.91 Å². The van der Waals surface area contributed by atoms with E-state index in [1.54, 1.807) is 12.1 Å². The molecular weight excluding hydrogens is 377 g/mol. The van der Waals surface area contributed by atoms with Gasteiger partial charge in [0.15, 0.2) is 0 Å². The van der Waals surface area contributed by atoms with E-state index >= 15 is 0 Å². The molecule has 2 aromatic carbocycles. The quantitative estimate of drug-likeness (QED) is 0.562. The van der Waals surface area contributed by atoms with Crippen molar-refractivity contribution in [2.45, 2.75) is 26.8 Å². The number of anilines is 1. The fourth-order valence-electron chi connectivity index (χ4n) is 3.19. The van der Waals surface area contributed by atoms with Gasteiger partial charge in [0.25, 0.3) is 5.56 Å². The second kappa shape index (κ2) is 7.16. The second-order valence-electron chi connectivity index (χ2n) is 6.58. The summed E-state index contributed by atoms with van der Waals surface area (Å²) in [6.07, 6.45) is 0.453. The molecule has 0 atom stereocenters. The highest BCUT2D eigenvalue weighted by molar-refractivity contribution is 7.25. The molecule has 28 heavy (non-hydrogen) atoms. The van der Waals surface area contributed by atoms with Gasteiger partial charge in [0.05, 0.1) is 10.9 Å². The van der Waals surface area contributed by atoms with Gasteiger partial charge >= 0.3 is 0 Å². The fourth-order valence-corrected chi connectivity index (χ4v) is 4.29. The van der Waals surface area contributed by atoms with Crippen LogP contribution >= 0.6 is 11.3 Å². The summed E-state index contributed by atoms with van der Waals surface area (Å²) in [4.78, 5) is 30.1. The Labute approximate surface area is 164 Å². The average Bonchev–Trinajstić information content (AvgIpc) is 3.06. The first-order valence-corrected chi connectivity index (χ1v) is 9.76. The number of aromatic nitrogens is 2.